The van der Waals surface area contributed by atoms with E-state index in [-0.39, 0.29) is 41.0 Å². The van der Waals surface area contributed by atoms with E-state index < -0.39 is 11.9 Å². The molecule has 2 aromatic rings. The molecule has 0 fully saturated rings. The van der Waals surface area contributed by atoms with Gasteiger partial charge >= 0.3 is 5.97 Å². The third-order valence-electron chi connectivity index (χ3n) is 3.82. The zero-order valence-corrected chi connectivity index (χ0v) is 16.3. The average Bonchev–Trinajstić information content (AvgIpc) is 2.93. The van der Waals surface area contributed by atoms with Gasteiger partial charge in [-0.05, 0) is 31.9 Å². The number of primary amides is 1. The molecule has 1 heterocycles. The lowest BCUT2D eigenvalue weighted by atomic mass is 10.1. The number of furan rings is 1. The third kappa shape index (κ3) is 5.13. The second-order valence-corrected chi connectivity index (χ2v) is 6.78. The molecule has 0 radical (unpaired) electrons. The molecule has 0 saturated carbocycles. The third-order valence-corrected chi connectivity index (χ3v) is 4.80. The minimum Gasteiger partial charge on any atom is -0.462 e. The Morgan fingerprint density at radius 3 is 2.52 bits per heavy atom. The first-order valence-corrected chi connectivity index (χ1v) is 9.53. The fraction of sp³-hybridized carbons (Fsp3) is 0.316. The number of esters is 1. The number of nitrogens with one attached hydrogen (secondary N) is 1. The van der Waals surface area contributed by atoms with Crippen LogP contribution in [0.25, 0.3) is 0 Å². The van der Waals surface area contributed by atoms with Crippen LogP contribution in [0.2, 0.25) is 0 Å². The summed E-state index contributed by atoms with van der Waals surface area (Å²) in [6.07, 6.45) is 0. The van der Waals surface area contributed by atoms with Crippen molar-refractivity contribution in [3.05, 3.63) is 52.3 Å². The topological polar surface area (TPSA) is 112 Å². The normalized spacial score (nSPS) is 10.5. The molecule has 0 saturated heterocycles. The summed E-state index contributed by atoms with van der Waals surface area (Å²) in [7, 11) is 0. The number of carbonyl (C=O) groups is 3. The van der Waals surface area contributed by atoms with Gasteiger partial charge in [0.25, 0.3) is 5.91 Å². The van der Waals surface area contributed by atoms with E-state index in [4.69, 9.17) is 14.9 Å². The number of anilines is 1. The number of hydrogen-bond donors (Lipinski definition) is 2. The van der Waals surface area contributed by atoms with Crippen molar-refractivity contribution in [2.45, 2.75) is 26.5 Å². The fourth-order valence-corrected chi connectivity index (χ4v) is 3.41. The van der Waals surface area contributed by atoms with Crippen LogP contribution in [0.15, 0.2) is 28.7 Å². The van der Waals surface area contributed by atoms with Crippen LogP contribution in [0.4, 0.5) is 5.88 Å². The molecule has 144 valence electrons. The number of amides is 2. The van der Waals surface area contributed by atoms with E-state index in [0.29, 0.717) is 5.75 Å². The van der Waals surface area contributed by atoms with Gasteiger partial charge in [-0.2, -0.15) is 0 Å². The van der Waals surface area contributed by atoms with Crippen LogP contribution in [-0.2, 0) is 15.3 Å². The molecule has 1 aromatic carbocycles. The molecule has 0 aliphatic rings. The van der Waals surface area contributed by atoms with Gasteiger partial charge in [0.15, 0.2) is 0 Å². The maximum absolute atomic E-state index is 12.2. The molecule has 1 aromatic heterocycles. The molecule has 27 heavy (non-hydrogen) atoms. The molecule has 0 aliphatic heterocycles. The lowest BCUT2D eigenvalue weighted by molar-refractivity contribution is -0.113. The second-order valence-electron chi connectivity index (χ2n) is 5.79. The van der Waals surface area contributed by atoms with Crippen LogP contribution in [0.5, 0.6) is 0 Å². The van der Waals surface area contributed by atoms with Crippen molar-refractivity contribution in [3.8, 4) is 0 Å². The maximum Gasteiger partial charge on any atom is 0.342 e. The van der Waals surface area contributed by atoms with Gasteiger partial charge in [0.1, 0.15) is 16.9 Å². The largest absolute Gasteiger partial charge is 0.462 e. The Bertz CT molecular complexity index is 860. The Morgan fingerprint density at radius 1 is 1.19 bits per heavy atom. The van der Waals surface area contributed by atoms with Crippen LogP contribution in [0.3, 0.4) is 0 Å². The summed E-state index contributed by atoms with van der Waals surface area (Å²) in [4.78, 5) is 36.0. The summed E-state index contributed by atoms with van der Waals surface area (Å²) in [5.74, 6) is -1.11. The summed E-state index contributed by atoms with van der Waals surface area (Å²) >= 11 is 1.43. The van der Waals surface area contributed by atoms with E-state index in [1.54, 1.807) is 6.92 Å². The number of carbonyl (C=O) groups excluding carboxylic acids is 3. The molecule has 0 aliphatic carbocycles. The maximum atomic E-state index is 12.2. The zero-order valence-electron chi connectivity index (χ0n) is 15.5. The zero-order chi connectivity index (χ0) is 20.0. The summed E-state index contributed by atoms with van der Waals surface area (Å²) in [5.41, 5.74) is 7.43. The second kappa shape index (κ2) is 9.27. The van der Waals surface area contributed by atoms with E-state index in [1.807, 2.05) is 31.2 Å². The first-order valence-electron chi connectivity index (χ1n) is 8.37. The van der Waals surface area contributed by atoms with Gasteiger partial charge in [-0.3, -0.25) is 14.9 Å². The predicted octanol–water partition coefficient (Wildman–Crippen LogP) is 3.04. The predicted molar refractivity (Wildman–Crippen MR) is 104 cm³/mol. The minimum atomic E-state index is -0.877. The van der Waals surface area contributed by atoms with Gasteiger partial charge in [0, 0.05) is 5.75 Å². The minimum absolute atomic E-state index is 0.0628. The molecule has 7 nitrogen and oxygen atoms in total. The van der Waals surface area contributed by atoms with Crippen molar-refractivity contribution in [2.75, 3.05) is 17.7 Å². The van der Waals surface area contributed by atoms with Crippen LogP contribution in [0.1, 0.15) is 44.5 Å². The summed E-state index contributed by atoms with van der Waals surface area (Å²) in [5, 5.41) is 2.52. The smallest absolute Gasteiger partial charge is 0.342 e. The van der Waals surface area contributed by atoms with E-state index >= 15 is 0 Å². The Balaban J connectivity index is 2.06. The average molecular weight is 390 g/mol. The van der Waals surface area contributed by atoms with Gasteiger partial charge < -0.3 is 14.9 Å². The SMILES string of the molecule is CCOC(=O)c1c(C)oc(NC(=O)CSCc2ccccc2C)c1C(N)=O. The number of ether oxygens (including phenoxy) is 1. The van der Waals surface area contributed by atoms with E-state index in [1.165, 1.54) is 18.7 Å². The van der Waals surface area contributed by atoms with Crippen molar-refractivity contribution in [1.82, 2.24) is 0 Å². The number of hydrogen-bond acceptors (Lipinski definition) is 6. The Morgan fingerprint density at radius 2 is 1.89 bits per heavy atom. The summed E-state index contributed by atoms with van der Waals surface area (Å²) in [6.45, 7) is 5.30. The quantitative estimate of drug-likeness (QED) is 0.670. The molecule has 2 rings (SSSR count). The summed E-state index contributed by atoms with van der Waals surface area (Å²) in [6, 6.07) is 7.93. The van der Waals surface area contributed by atoms with Gasteiger partial charge in [0.05, 0.1) is 12.4 Å². The molecule has 0 spiro atoms. The molecule has 0 bridgehead atoms. The molecule has 3 N–H and O–H groups in total. The monoisotopic (exact) mass is 390 g/mol. The van der Waals surface area contributed by atoms with Gasteiger partial charge in [-0.1, -0.05) is 24.3 Å². The highest BCUT2D eigenvalue weighted by atomic mass is 32.2. The molecule has 2 amide bonds. The van der Waals surface area contributed by atoms with Gasteiger partial charge in [-0.15, -0.1) is 11.8 Å². The Hall–Kier alpha value is -2.74. The standard InChI is InChI=1S/C19H22N2O5S/c1-4-25-19(24)15-12(3)26-18(16(15)17(20)23)21-14(22)10-27-9-13-8-6-5-7-11(13)2/h5-8H,4,9-10H2,1-3H3,(H2,20,23)(H,21,22). The van der Waals surface area contributed by atoms with Crippen molar-refractivity contribution in [1.29, 1.82) is 0 Å². The van der Waals surface area contributed by atoms with Gasteiger partial charge in [-0.25, -0.2) is 4.79 Å². The fourth-order valence-electron chi connectivity index (χ4n) is 2.51. The van der Waals surface area contributed by atoms with E-state index in [9.17, 15) is 14.4 Å². The first kappa shape index (κ1) is 20.6. The molecule has 8 heteroatoms. The van der Waals surface area contributed by atoms with E-state index in [0.717, 1.165) is 11.1 Å². The number of aryl methyl sites for hydroxylation is 2. The van der Waals surface area contributed by atoms with Crippen LogP contribution in [0, 0.1) is 13.8 Å². The van der Waals surface area contributed by atoms with E-state index in [2.05, 4.69) is 5.32 Å². The Kier molecular flexibility index (Phi) is 7.06. The highest BCUT2D eigenvalue weighted by molar-refractivity contribution is 7.99. The van der Waals surface area contributed by atoms with Crippen LogP contribution in [-0.4, -0.2) is 30.1 Å². The number of benzene rings is 1. The van der Waals surface area contributed by atoms with Crippen molar-refractivity contribution in [2.24, 2.45) is 5.73 Å². The molecule has 0 unspecified atom stereocenters. The van der Waals surface area contributed by atoms with Crippen molar-refractivity contribution in [3.63, 3.8) is 0 Å². The Labute approximate surface area is 161 Å². The van der Waals surface area contributed by atoms with Crippen molar-refractivity contribution >= 4 is 35.4 Å². The molecule has 0 atom stereocenters. The lowest BCUT2D eigenvalue weighted by Gasteiger charge is -2.06. The van der Waals surface area contributed by atoms with Crippen LogP contribution < -0.4 is 11.1 Å². The lowest BCUT2D eigenvalue weighted by Crippen LogP contribution is -2.21. The highest BCUT2D eigenvalue weighted by Gasteiger charge is 2.29. The van der Waals surface area contributed by atoms with Crippen molar-refractivity contribution < 1.29 is 23.5 Å². The first-order chi connectivity index (χ1) is 12.8. The molecular formula is C19H22N2O5S. The highest BCUT2D eigenvalue weighted by Crippen LogP contribution is 2.28. The number of thioether (sulfide) groups is 1. The summed E-state index contributed by atoms with van der Waals surface area (Å²) < 4.78 is 10.3. The molecular weight excluding hydrogens is 368 g/mol. The number of rotatable bonds is 8. The van der Waals surface area contributed by atoms with Crippen LogP contribution >= 0.6 is 11.8 Å². The number of nitrogens with two attached hydrogens (primary N) is 1. The van der Waals surface area contributed by atoms with Gasteiger partial charge in [0.2, 0.25) is 11.8 Å².